The summed E-state index contributed by atoms with van der Waals surface area (Å²) in [5.74, 6) is -0.785. The van der Waals surface area contributed by atoms with Gasteiger partial charge in [0.15, 0.2) is 0 Å². The van der Waals surface area contributed by atoms with Crippen molar-refractivity contribution in [3.63, 3.8) is 0 Å². The molecule has 0 fully saturated rings. The molecule has 0 spiro atoms. The Morgan fingerprint density at radius 2 is 1.89 bits per heavy atom. The van der Waals surface area contributed by atoms with Crippen molar-refractivity contribution < 1.29 is 9.59 Å². The zero-order valence-corrected chi connectivity index (χ0v) is 11.1. The molecule has 1 aromatic carbocycles. The Bertz CT molecular complexity index is 491. The van der Waals surface area contributed by atoms with Crippen LogP contribution in [0.15, 0.2) is 24.3 Å². The number of hydrogen-bond acceptors (Lipinski definition) is 2. The summed E-state index contributed by atoms with van der Waals surface area (Å²) in [7, 11) is 0. The first-order valence-corrected chi connectivity index (χ1v) is 6.28. The predicted molar refractivity (Wildman–Crippen MR) is 70.2 cm³/mol. The van der Waals surface area contributed by atoms with Crippen LogP contribution in [0.1, 0.15) is 31.9 Å². The second kappa shape index (κ2) is 4.56. The predicted octanol–water partition coefficient (Wildman–Crippen LogP) is 1.89. The fraction of sp³-hybridized carbons (Fsp3) is 0.467. The van der Waals surface area contributed by atoms with E-state index in [0.717, 1.165) is 12.0 Å². The minimum Gasteiger partial charge on any atom is -0.350 e. The molecular weight excluding hydrogens is 226 g/mol. The van der Waals surface area contributed by atoms with E-state index in [1.54, 1.807) is 0 Å². The monoisotopic (exact) mass is 245 g/mol. The van der Waals surface area contributed by atoms with E-state index in [4.69, 9.17) is 0 Å². The summed E-state index contributed by atoms with van der Waals surface area (Å²) in [6.07, 6.45) is 1.30. The largest absolute Gasteiger partial charge is 0.350 e. The molecule has 0 aromatic heterocycles. The van der Waals surface area contributed by atoms with Crippen LogP contribution in [0.25, 0.3) is 0 Å². The van der Waals surface area contributed by atoms with Crippen LogP contribution in [0.3, 0.4) is 0 Å². The van der Waals surface area contributed by atoms with Crippen LogP contribution in [0.2, 0.25) is 0 Å². The zero-order chi connectivity index (χ0) is 13.3. The fourth-order valence-electron chi connectivity index (χ4n) is 2.51. The highest BCUT2D eigenvalue weighted by molar-refractivity contribution is 6.00. The summed E-state index contributed by atoms with van der Waals surface area (Å²) in [6, 6.07) is 8.05. The first-order chi connectivity index (χ1) is 8.39. The van der Waals surface area contributed by atoms with Crippen LogP contribution in [0, 0.1) is 5.92 Å². The number of fused-ring (bicyclic) bond motifs is 1. The van der Waals surface area contributed by atoms with Gasteiger partial charge in [-0.25, -0.2) is 0 Å². The first kappa shape index (κ1) is 12.8. The van der Waals surface area contributed by atoms with E-state index in [1.165, 1.54) is 12.5 Å². The number of amides is 1. The maximum Gasteiger partial charge on any atom is 0.231 e. The Morgan fingerprint density at radius 1 is 1.28 bits per heavy atom. The Balaban J connectivity index is 2.45. The molecular formula is C15H19NO2. The first-order valence-electron chi connectivity index (χ1n) is 6.28. The summed E-state index contributed by atoms with van der Waals surface area (Å²) >= 11 is 0. The lowest BCUT2D eigenvalue weighted by atomic mass is 9.84. The van der Waals surface area contributed by atoms with Gasteiger partial charge in [0.05, 0.1) is 0 Å². The molecule has 96 valence electrons. The highest BCUT2D eigenvalue weighted by Crippen LogP contribution is 2.23. The third-order valence-corrected chi connectivity index (χ3v) is 3.44. The lowest BCUT2D eigenvalue weighted by Gasteiger charge is -2.32. The van der Waals surface area contributed by atoms with Gasteiger partial charge >= 0.3 is 0 Å². The van der Waals surface area contributed by atoms with Gasteiger partial charge < -0.3 is 5.32 Å². The van der Waals surface area contributed by atoms with Crippen LogP contribution < -0.4 is 5.32 Å². The number of Topliss-reactive ketones (excluding diaryl/α,β-unsaturated/α-hetero) is 1. The van der Waals surface area contributed by atoms with Gasteiger partial charge in [-0.05, 0) is 44.7 Å². The Morgan fingerprint density at radius 3 is 2.50 bits per heavy atom. The third kappa shape index (κ3) is 2.61. The number of hydrogen-bond donors (Lipinski definition) is 1. The molecule has 1 atom stereocenters. The molecule has 1 unspecified atom stereocenters. The summed E-state index contributed by atoms with van der Waals surface area (Å²) < 4.78 is 0. The van der Waals surface area contributed by atoms with Crippen molar-refractivity contribution in [1.82, 2.24) is 5.32 Å². The molecule has 1 aromatic rings. The van der Waals surface area contributed by atoms with E-state index in [2.05, 4.69) is 11.4 Å². The van der Waals surface area contributed by atoms with E-state index in [0.29, 0.717) is 6.42 Å². The molecule has 0 aliphatic carbocycles. The van der Waals surface area contributed by atoms with Crippen molar-refractivity contribution in [2.45, 2.75) is 39.2 Å². The zero-order valence-electron chi connectivity index (χ0n) is 11.1. The van der Waals surface area contributed by atoms with Gasteiger partial charge in [0.1, 0.15) is 11.7 Å². The molecule has 3 heteroatoms. The molecule has 3 nitrogen and oxygen atoms in total. The van der Waals surface area contributed by atoms with Gasteiger partial charge in [-0.1, -0.05) is 24.3 Å². The molecule has 0 saturated heterocycles. The molecule has 1 aliphatic rings. The van der Waals surface area contributed by atoms with E-state index < -0.39 is 5.92 Å². The maximum absolute atomic E-state index is 12.1. The molecule has 0 bridgehead atoms. The third-order valence-electron chi connectivity index (χ3n) is 3.44. The van der Waals surface area contributed by atoms with Crippen molar-refractivity contribution in [1.29, 1.82) is 0 Å². The molecule has 1 heterocycles. The average Bonchev–Trinajstić information content (AvgIpc) is 2.24. The van der Waals surface area contributed by atoms with Gasteiger partial charge in [-0.3, -0.25) is 9.59 Å². The Labute approximate surface area is 108 Å². The van der Waals surface area contributed by atoms with Crippen LogP contribution in [-0.2, 0) is 22.4 Å². The smallest absolute Gasteiger partial charge is 0.231 e. The van der Waals surface area contributed by atoms with Gasteiger partial charge in [0, 0.05) is 5.54 Å². The lowest BCUT2D eigenvalue weighted by molar-refractivity contribution is -0.134. The van der Waals surface area contributed by atoms with Crippen LogP contribution in [0.4, 0.5) is 0 Å². The van der Waals surface area contributed by atoms with E-state index in [1.807, 2.05) is 32.0 Å². The van der Waals surface area contributed by atoms with Gasteiger partial charge in [-0.2, -0.15) is 0 Å². The lowest BCUT2D eigenvalue weighted by Crippen LogP contribution is -2.50. The van der Waals surface area contributed by atoms with E-state index >= 15 is 0 Å². The van der Waals surface area contributed by atoms with Crippen molar-refractivity contribution in [3.8, 4) is 0 Å². The van der Waals surface area contributed by atoms with Crippen molar-refractivity contribution >= 4 is 11.7 Å². The number of rotatable bonds is 1. The van der Waals surface area contributed by atoms with Crippen molar-refractivity contribution in [2.24, 2.45) is 5.92 Å². The maximum atomic E-state index is 12.1. The molecule has 1 N–H and O–H groups in total. The van der Waals surface area contributed by atoms with Crippen LogP contribution >= 0.6 is 0 Å². The van der Waals surface area contributed by atoms with E-state index in [-0.39, 0.29) is 17.2 Å². The fourth-order valence-corrected chi connectivity index (χ4v) is 2.51. The van der Waals surface area contributed by atoms with Gasteiger partial charge in [0.25, 0.3) is 0 Å². The van der Waals surface area contributed by atoms with Crippen molar-refractivity contribution in [2.75, 3.05) is 0 Å². The second-order valence-electron chi connectivity index (χ2n) is 5.69. The molecule has 1 amide bonds. The Hall–Kier alpha value is -1.64. The van der Waals surface area contributed by atoms with E-state index in [9.17, 15) is 9.59 Å². The summed E-state index contributed by atoms with van der Waals surface area (Å²) in [5, 5.41) is 2.97. The molecule has 0 radical (unpaired) electrons. The van der Waals surface area contributed by atoms with Gasteiger partial charge in [-0.15, -0.1) is 0 Å². The number of carbonyl (C=O) groups excluding carboxylic acids is 2. The topological polar surface area (TPSA) is 46.2 Å². The quantitative estimate of drug-likeness (QED) is 0.768. The number of ketones is 1. The Kier molecular flexibility index (Phi) is 3.24. The number of benzene rings is 1. The highest BCUT2D eigenvalue weighted by Gasteiger charge is 2.32. The summed E-state index contributed by atoms with van der Waals surface area (Å²) in [4.78, 5) is 23.7. The number of nitrogens with one attached hydrogen (secondary N) is 1. The van der Waals surface area contributed by atoms with Crippen molar-refractivity contribution in [3.05, 3.63) is 35.4 Å². The minimum absolute atomic E-state index is 0.0694. The SMILES string of the molecule is CC(=O)C1Cc2ccccc2CC(C)(C)NC1=O. The summed E-state index contributed by atoms with van der Waals surface area (Å²) in [6.45, 7) is 5.47. The molecule has 2 rings (SSSR count). The minimum atomic E-state index is -0.564. The summed E-state index contributed by atoms with van der Waals surface area (Å²) in [5.41, 5.74) is 2.01. The molecule has 18 heavy (non-hydrogen) atoms. The normalized spacial score (nSPS) is 22.4. The average molecular weight is 245 g/mol. The molecule has 1 aliphatic heterocycles. The van der Waals surface area contributed by atoms with Crippen LogP contribution in [-0.4, -0.2) is 17.2 Å². The van der Waals surface area contributed by atoms with Crippen LogP contribution in [0.5, 0.6) is 0 Å². The number of carbonyl (C=O) groups is 2. The van der Waals surface area contributed by atoms with Gasteiger partial charge in [0.2, 0.25) is 5.91 Å². The highest BCUT2D eigenvalue weighted by atomic mass is 16.2. The second-order valence-corrected chi connectivity index (χ2v) is 5.69. The standard InChI is InChI=1S/C15H19NO2/c1-10(17)13-8-11-6-4-5-7-12(11)9-15(2,3)16-14(13)18/h4-7,13H,8-9H2,1-3H3,(H,16,18). The molecule has 0 saturated carbocycles.